The highest BCUT2D eigenvalue weighted by molar-refractivity contribution is 5.95. The molecule has 1 saturated heterocycles. The van der Waals surface area contributed by atoms with Crippen molar-refractivity contribution in [1.82, 2.24) is 4.90 Å². The van der Waals surface area contributed by atoms with Crippen LogP contribution in [-0.4, -0.2) is 57.9 Å². The van der Waals surface area contributed by atoms with E-state index in [2.05, 4.69) is 6.07 Å². The first-order chi connectivity index (χ1) is 15.1. The summed E-state index contributed by atoms with van der Waals surface area (Å²) in [5.74, 6) is 1.97. The summed E-state index contributed by atoms with van der Waals surface area (Å²) < 4.78 is 23.0. The molecule has 2 aromatic rings. The Hall–Kier alpha value is -2.48. The van der Waals surface area contributed by atoms with Crippen LogP contribution >= 0.6 is 12.4 Å². The monoisotopic (exact) mass is 462 g/mol. The second-order valence-corrected chi connectivity index (χ2v) is 7.88. The van der Waals surface area contributed by atoms with Crippen LogP contribution in [0.25, 0.3) is 0 Å². The number of methoxy groups -OCH3 is 2. The number of fused-ring (bicyclic) bond motifs is 2. The zero-order valence-electron chi connectivity index (χ0n) is 18.6. The molecule has 2 aliphatic heterocycles. The van der Waals surface area contributed by atoms with Crippen LogP contribution in [0.2, 0.25) is 0 Å². The van der Waals surface area contributed by atoms with Gasteiger partial charge in [-0.2, -0.15) is 0 Å². The number of rotatable bonds is 6. The third-order valence-corrected chi connectivity index (χ3v) is 6.18. The quantitative estimate of drug-likeness (QED) is 0.710. The van der Waals surface area contributed by atoms with Crippen LogP contribution in [0.3, 0.4) is 0 Å². The normalized spacial score (nSPS) is 16.7. The lowest BCUT2D eigenvalue weighted by Gasteiger charge is -2.45. The minimum Gasteiger partial charge on any atom is -0.496 e. The number of hydrogen-bond acceptors (Lipinski definition) is 6. The van der Waals surface area contributed by atoms with E-state index in [1.165, 1.54) is 5.56 Å². The molecule has 32 heavy (non-hydrogen) atoms. The molecule has 1 fully saturated rings. The summed E-state index contributed by atoms with van der Waals surface area (Å²) >= 11 is 0. The van der Waals surface area contributed by atoms with Crippen LogP contribution in [0.4, 0.5) is 0 Å². The molecule has 7 nitrogen and oxygen atoms in total. The van der Waals surface area contributed by atoms with E-state index in [9.17, 15) is 4.79 Å². The lowest BCUT2D eigenvalue weighted by atomic mass is 9.78. The average molecular weight is 463 g/mol. The molecule has 4 rings (SSSR count). The summed E-state index contributed by atoms with van der Waals surface area (Å²) in [5, 5.41) is 0. The summed E-state index contributed by atoms with van der Waals surface area (Å²) in [6.45, 7) is 2.72. The Morgan fingerprint density at radius 1 is 1.09 bits per heavy atom. The number of carbonyl (C=O) groups excluding carboxylic acids is 1. The summed E-state index contributed by atoms with van der Waals surface area (Å²) in [7, 11) is 3.26. The number of halogens is 1. The van der Waals surface area contributed by atoms with E-state index < -0.39 is 5.60 Å². The van der Waals surface area contributed by atoms with Crippen LogP contribution in [-0.2, 0) is 16.8 Å². The van der Waals surface area contributed by atoms with Gasteiger partial charge < -0.3 is 29.6 Å². The Balaban J connectivity index is 0.00000289. The molecule has 0 bridgehead atoms. The minimum atomic E-state index is -0.394. The minimum absolute atomic E-state index is 0. The van der Waals surface area contributed by atoms with Gasteiger partial charge in [0.15, 0.2) is 11.5 Å². The molecule has 0 radical (unpaired) electrons. The fourth-order valence-corrected chi connectivity index (χ4v) is 4.64. The van der Waals surface area contributed by atoms with Crippen molar-refractivity contribution in [1.29, 1.82) is 0 Å². The van der Waals surface area contributed by atoms with Crippen molar-refractivity contribution in [3.8, 4) is 17.2 Å². The van der Waals surface area contributed by atoms with Crippen molar-refractivity contribution in [2.75, 3.05) is 47.1 Å². The van der Waals surface area contributed by atoms with Crippen molar-refractivity contribution in [2.45, 2.75) is 24.9 Å². The molecule has 0 aromatic heterocycles. The van der Waals surface area contributed by atoms with E-state index in [1.54, 1.807) is 32.4 Å². The van der Waals surface area contributed by atoms with Gasteiger partial charge in [0.2, 0.25) is 0 Å². The zero-order chi connectivity index (χ0) is 21.8. The van der Waals surface area contributed by atoms with E-state index in [1.807, 2.05) is 17.0 Å². The third-order valence-electron chi connectivity index (χ3n) is 6.18. The van der Waals surface area contributed by atoms with Gasteiger partial charge in [0, 0.05) is 30.8 Å². The molecule has 1 spiro atoms. The molecule has 2 aromatic carbocycles. The van der Waals surface area contributed by atoms with E-state index in [0.29, 0.717) is 49.9 Å². The Morgan fingerprint density at radius 2 is 1.84 bits per heavy atom. The molecule has 0 atom stereocenters. The number of benzene rings is 2. The molecule has 0 saturated carbocycles. The molecule has 1 amide bonds. The Bertz CT molecular complexity index is 930. The number of ether oxygens (including phenoxy) is 4. The molecule has 8 heteroatoms. The number of nitrogens with zero attached hydrogens (tertiary/aromatic N) is 1. The fraction of sp³-hybridized carbons (Fsp3) is 0.458. The summed E-state index contributed by atoms with van der Waals surface area (Å²) in [6.07, 6.45) is 2.36. The molecule has 0 aliphatic carbocycles. The number of carbonyl (C=O) groups is 1. The van der Waals surface area contributed by atoms with Crippen LogP contribution in [0.5, 0.6) is 17.2 Å². The highest BCUT2D eigenvalue weighted by atomic mass is 35.5. The van der Waals surface area contributed by atoms with Crippen molar-refractivity contribution in [3.05, 3.63) is 53.1 Å². The SMILES string of the molecule is COc1cc(C(=O)N2CCC3(CC2)OCCc2cccc(OC)c23)ccc1OCCN.Cl. The highest BCUT2D eigenvalue weighted by Gasteiger charge is 2.43. The fourth-order valence-electron chi connectivity index (χ4n) is 4.64. The average Bonchev–Trinajstić information content (AvgIpc) is 2.82. The summed E-state index contributed by atoms with van der Waals surface area (Å²) in [5.41, 5.74) is 8.12. The Kier molecular flexibility index (Phi) is 7.87. The van der Waals surface area contributed by atoms with Crippen LogP contribution < -0.4 is 19.9 Å². The van der Waals surface area contributed by atoms with Crippen LogP contribution in [0.1, 0.15) is 34.3 Å². The Labute approximate surface area is 195 Å². The first-order valence-electron chi connectivity index (χ1n) is 10.7. The van der Waals surface area contributed by atoms with Gasteiger partial charge in [-0.3, -0.25) is 4.79 Å². The van der Waals surface area contributed by atoms with E-state index >= 15 is 0 Å². The summed E-state index contributed by atoms with van der Waals surface area (Å²) in [6, 6.07) is 11.4. The van der Waals surface area contributed by atoms with Crippen molar-refractivity contribution in [3.63, 3.8) is 0 Å². The lowest BCUT2D eigenvalue weighted by molar-refractivity contribution is -0.0946. The van der Waals surface area contributed by atoms with Gasteiger partial charge in [-0.15, -0.1) is 12.4 Å². The molecule has 2 aliphatic rings. The van der Waals surface area contributed by atoms with Gasteiger partial charge in [-0.25, -0.2) is 0 Å². The molecule has 0 unspecified atom stereocenters. The van der Waals surface area contributed by atoms with Gasteiger partial charge in [0.1, 0.15) is 18.0 Å². The molecule has 174 valence electrons. The number of likely N-dealkylation sites (tertiary alicyclic amines) is 1. The molecular weight excluding hydrogens is 432 g/mol. The second-order valence-electron chi connectivity index (χ2n) is 7.88. The van der Waals surface area contributed by atoms with E-state index in [-0.39, 0.29) is 18.3 Å². The molecule has 2 N–H and O–H groups in total. The topological polar surface area (TPSA) is 83.2 Å². The number of piperidine rings is 1. The smallest absolute Gasteiger partial charge is 0.253 e. The number of hydrogen-bond donors (Lipinski definition) is 1. The predicted octanol–water partition coefficient (Wildman–Crippen LogP) is 3.17. The molecular formula is C24H31ClN2O5. The Morgan fingerprint density at radius 3 is 2.53 bits per heavy atom. The number of amides is 1. The van der Waals surface area contributed by atoms with Gasteiger partial charge in [-0.1, -0.05) is 12.1 Å². The van der Waals surface area contributed by atoms with Crippen molar-refractivity contribution < 1.29 is 23.7 Å². The van der Waals surface area contributed by atoms with Gasteiger partial charge in [0.05, 0.1) is 20.8 Å². The zero-order valence-corrected chi connectivity index (χ0v) is 19.4. The second kappa shape index (κ2) is 10.4. The third kappa shape index (κ3) is 4.51. The van der Waals surface area contributed by atoms with Crippen LogP contribution in [0.15, 0.2) is 36.4 Å². The largest absolute Gasteiger partial charge is 0.496 e. The van der Waals surface area contributed by atoms with Crippen molar-refractivity contribution in [2.24, 2.45) is 5.73 Å². The lowest BCUT2D eigenvalue weighted by Crippen LogP contribution is -2.48. The highest BCUT2D eigenvalue weighted by Crippen LogP contribution is 2.46. The molecule has 2 heterocycles. The van der Waals surface area contributed by atoms with Crippen LogP contribution in [0, 0.1) is 0 Å². The van der Waals surface area contributed by atoms with E-state index in [0.717, 1.165) is 30.6 Å². The van der Waals surface area contributed by atoms with E-state index in [4.69, 9.17) is 24.7 Å². The maximum Gasteiger partial charge on any atom is 0.253 e. The first-order valence-corrected chi connectivity index (χ1v) is 10.7. The van der Waals surface area contributed by atoms with Gasteiger partial charge in [0.25, 0.3) is 5.91 Å². The maximum absolute atomic E-state index is 13.2. The standard InChI is InChI=1S/C24H30N2O5.ClH/c1-28-20-5-3-4-17-8-14-31-24(22(17)20)9-12-26(13-10-24)23(27)18-6-7-19(30-15-11-25)21(16-18)29-2;/h3-7,16H,8-15,25H2,1-2H3;1H. The first kappa shape index (κ1) is 24.2. The summed E-state index contributed by atoms with van der Waals surface area (Å²) in [4.78, 5) is 15.1. The van der Waals surface area contributed by atoms with Crippen molar-refractivity contribution >= 4 is 18.3 Å². The maximum atomic E-state index is 13.2. The predicted molar refractivity (Wildman–Crippen MR) is 124 cm³/mol. The number of nitrogens with two attached hydrogens (primary N) is 1. The van der Waals surface area contributed by atoms with Gasteiger partial charge >= 0.3 is 0 Å². The van der Waals surface area contributed by atoms with Gasteiger partial charge in [-0.05, 0) is 49.1 Å².